The largest absolute Gasteiger partial charge is 0.367 e. The van der Waals surface area contributed by atoms with Gasteiger partial charge in [0.05, 0.1) is 5.69 Å². The SMILES string of the molecule is Cc1ccncc1CN1CCN(c2ccc(F)cc2F)CC1. The maximum absolute atomic E-state index is 13.8. The van der Waals surface area contributed by atoms with Gasteiger partial charge in [-0.15, -0.1) is 0 Å². The molecule has 1 saturated heterocycles. The highest BCUT2D eigenvalue weighted by atomic mass is 19.1. The first kappa shape index (κ1) is 14.9. The quantitative estimate of drug-likeness (QED) is 0.869. The van der Waals surface area contributed by atoms with Crippen molar-refractivity contribution in [1.82, 2.24) is 9.88 Å². The fraction of sp³-hybridized carbons (Fsp3) is 0.353. The highest BCUT2D eigenvalue weighted by molar-refractivity contribution is 5.48. The molecule has 1 fully saturated rings. The lowest BCUT2D eigenvalue weighted by Crippen LogP contribution is -2.46. The Kier molecular flexibility index (Phi) is 4.34. The van der Waals surface area contributed by atoms with Gasteiger partial charge in [0.1, 0.15) is 11.6 Å². The van der Waals surface area contributed by atoms with E-state index in [1.807, 2.05) is 17.2 Å². The van der Waals surface area contributed by atoms with Gasteiger partial charge in [-0.2, -0.15) is 0 Å². The van der Waals surface area contributed by atoms with Gasteiger partial charge in [0.25, 0.3) is 0 Å². The highest BCUT2D eigenvalue weighted by Crippen LogP contribution is 2.22. The van der Waals surface area contributed by atoms with E-state index in [0.29, 0.717) is 5.69 Å². The summed E-state index contributed by atoms with van der Waals surface area (Å²) in [5.74, 6) is -1.02. The maximum atomic E-state index is 13.8. The van der Waals surface area contributed by atoms with Crippen LogP contribution >= 0.6 is 0 Å². The van der Waals surface area contributed by atoms with Crippen molar-refractivity contribution in [3.63, 3.8) is 0 Å². The van der Waals surface area contributed by atoms with Gasteiger partial charge in [-0.3, -0.25) is 9.88 Å². The number of hydrogen-bond donors (Lipinski definition) is 0. The number of nitrogens with zero attached hydrogens (tertiary/aromatic N) is 3. The van der Waals surface area contributed by atoms with Gasteiger partial charge in [-0.05, 0) is 36.2 Å². The predicted octanol–water partition coefficient (Wildman–Crippen LogP) is 2.99. The van der Waals surface area contributed by atoms with E-state index in [9.17, 15) is 8.78 Å². The second kappa shape index (κ2) is 6.40. The van der Waals surface area contributed by atoms with Crippen LogP contribution in [0.4, 0.5) is 14.5 Å². The van der Waals surface area contributed by atoms with Gasteiger partial charge in [0.15, 0.2) is 0 Å². The third-order valence-electron chi connectivity index (χ3n) is 4.16. The summed E-state index contributed by atoms with van der Waals surface area (Å²) in [7, 11) is 0. The van der Waals surface area contributed by atoms with E-state index in [1.165, 1.54) is 23.3 Å². The number of benzene rings is 1. The number of piperazine rings is 1. The van der Waals surface area contributed by atoms with Gasteiger partial charge in [0, 0.05) is 51.2 Å². The molecule has 116 valence electrons. The molecule has 22 heavy (non-hydrogen) atoms. The molecule has 0 bridgehead atoms. The van der Waals surface area contributed by atoms with Crippen molar-refractivity contribution < 1.29 is 8.78 Å². The second-order valence-electron chi connectivity index (χ2n) is 5.66. The number of anilines is 1. The molecule has 0 amide bonds. The van der Waals surface area contributed by atoms with Crippen molar-refractivity contribution >= 4 is 5.69 Å². The van der Waals surface area contributed by atoms with Gasteiger partial charge in [-0.25, -0.2) is 8.78 Å². The molecule has 3 rings (SSSR count). The Morgan fingerprint density at radius 2 is 1.86 bits per heavy atom. The molecule has 3 nitrogen and oxygen atoms in total. The topological polar surface area (TPSA) is 19.4 Å². The Hall–Kier alpha value is -2.01. The lowest BCUT2D eigenvalue weighted by molar-refractivity contribution is 0.248. The summed E-state index contributed by atoms with van der Waals surface area (Å²) in [5.41, 5.74) is 2.95. The number of pyridine rings is 1. The van der Waals surface area contributed by atoms with Crippen LogP contribution in [0.15, 0.2) is 36.7 Å². The van der Waals surface area contributed by atoms with E-state index >= 15 is 0 Å². The minimum Gasteiger partial charge on any atom is -0.367 e. The Morgan fingerprint density at radius 1 is 1.09 bits per heavy atom. The zero-order chi connectivity index (χ0) is 15.5. The van der Waals surface area contributed by atoms with Crippen LogP contribution in [-0.2, 0) is 6.54 Å². The molecule has 1 aromatic heterocycles. The first-order chi connectivity index (χ1) is 10.6. The van der Waals surface area contributed by atoms with E-state index < -0.39 is 11.6 Å². The normalized spacial score (nSPS) is 16.0. The van der Waals surface area contributed by atoms with Crippen LogP contribution in [-0.4, -0.2) is 36.1 Å². The van der Waals surface area contributed by atoms with E-state index in [0.717, 1.165) is 38.8 Å². The van der Waals surface area contributed by atoms with Crippen molar-refractivity contribution in [3.8, 4) is 0 Å². The molecule has 0 radical (unpaired) electrons. The number of rotatable bonds is 3. The van der Waals surface area contributed by atoms with Crippen LogP contribution in [0.5, 0.6) is 0 Å². The zero-order valence-corrected chi connectivity index (χ0v) is 12.6. The third-order valence-corrected chi connectivity index (χ3v) is 4.16. The van der Waals surface area contributed by atoms with Crippen molar-refractivity contribution in [3.05, 3.63) is 59.4 Å². The van der Waals surface area contributed by atoms with Crippen LogP contribution in [0.3, 0.4) is 0 Å². The van der Waals surface area contributed by atoms with E-state index in [1.54, 1.807) is 6.20 Å². The molecule has 1 aromatic carbocycles. The zero-order valence-electron chi connectivity index (χ0n) is 12.6. The smallest absolute Gasteiger partial charge is 0.149 e. The van der Waals surface area contributed by atoms with Gasteiger partial charge < -0.3 is 4.90 Å². The third kappa shape index (κ3) is 3.25. The molecular formula is C17H19F2N3. The average molecular weight is 303 g/mol. The molecule has 0 saturated carbocycles. The number of aryl methyl sites for hydroxylation is 1. The van der Waals surface area contributed by atoms with Crippen LogP contribution < -0.4 is 4.90 Å². The predicted molar refractivity (Wildman–Crippen MR) is 82.8 cm³/mol. The molecule has 0 spiro atoms. The number of halogens is 2. The highest BCUT2D eigenvalue weighted by Gasteiger charge is 2.20. The molecule has 5 heteroatoms. The minimum absolute atomic E-state index is 0.485. The summed E-state index contributed by atoms with van der Waals surface area (Å²) in [6, 6.07) is 5.79. The maximum Gasteiger partial charge on any atom is 0.149 e. The monoisotopic (exact) mass is 303 g/mol. The molecule has 1 aliphatic heterocycles. The van der Waals surface area contributed by atoms with Gasteiger partial charge >= 0.3 is 0 Å². The van der Waals surface area contributed by atoms with Crippen LogP contribution in [0, 0.1) is 18.6 Å². The summed E-state index contributed by atoms with van der Waals surface area (Å²) in [4.78, 5) is 8.48. The molecule has 1 aliphatic rings. The minimum atomic E-state index is -0.535. The van der Waals surface area contributed by atoms with E-state index in [2.05, 4.69) is 16.8 Å². The summed E-state index contributed by atoms with van der Waals surface area (Å²) in [6.07, 6.45) is 3.70. The van der Waals surface area contributed by atoms with Gasteiger partial charge in [-0.1, -0.05) is 0 Å². The standard InChI is InChI=1S/C17H19F2N3/c1-13-4-5-20-11-14(13)12-21-6-8-22(9-7-21)17-3-2-15(18)10-16(17)19/h2-5,10-11H,6-9,12H2,1H3. The van der Waals surface area contributed by atoms with Crippen molar-refractivity contribution in [2.24, 2.45) is 0 Å². The van der Waals surface area contributed by atoms with E-state index in [-0.39, 0.29) is 0 Å². The second-order valence-corrected chi connectivity index (χ2v) is 5.66. The Morgan fingerprint density at radius 3 is 2.55 bits per heavy atom. The van der Waals surface area contributed by atoms with Crippen LogP contribution in [0.1, 0.15) is 11.1 Å². The molecule has 2 aromatic rings. The summed E-state index contributed by atoms with van der Waals surface area (Å²) in [6.45, 7) is 6.13. The Bertz CT molecular complexity index is 652. The number of hydrogen-bond acceptors (Lipinski definition) is 3. The van der Waals surface area contributed by atoms with Crippen LogP contribution in [0.25, 0.3) is 0 Å². The molecule has 0 aliphatic carbocycles. The Balaban J connectivity index is 1.62. The van der Waals surface area contributed by atoms with Gasteiger partial charge in [0.2, 0.25) is 0 Å². The van der Waals surface area contributed by atoms with Crippen molar-refractivity contribution in [1.29, 1.82) is 0 Å². The lowest BCUT2D eigenvalue weighted by atomic mass is 10.1. The number of aromatic nitrogens is 1. The summed E-state index contributed by atoms with van der Waals surface area (Å²) < 4.78 is 26.8. The molecule has 0 unspecified atom stereocenters. The lowest BCUT2D eigenvalue weighted by Gasteiger charge is -2.36. The summed E-state index contributed by atoms with van der Waals surface area (Å²) in [5, 5.41) is 0. The first-order valence-corrected chi connectivity index (χ1v) is 7.45. The Labute approximate surface area is 129 Å². The molecule has 0 atom stereocenters. The van der Waals surface area contributed by atoms with E-state index in [4.69, 9.17) is 0 Å². The molecule has 2 heterocycles. The average Bonchev–Trinajstić information content (AvgIpc) is 2.51. The molecular weight excluding hydrogens is 284 g/mol. The van der Waals surface area contributed by atoms with Crippen molar-refractivity contribution in [2.75, 3.05) is 31.1 Å². The van der Waals surface area contributed by atoms with Crippen molar-refractivity contribution in [2.45, 2.75) is 13.5 Å². The molecule has 0 N–H and O–H groups in total. The summed E-state index contributed by atoms with van der Waals surface area (Å²) >= 11 is 0. The fourth-order valence-corrected chi connectivity index (χ4v) is 2.79. The first-order valence-electron chi connectivity index (χ1n) is 7.45. The van der Waals surface area contributed by atoms with Crippen LogP contribution in [0.2, 0.25) is 0 Å². The fourth-order valence-electron chi connectivity index (χ4n) is 2.79.